The fourth-order valence-corrected chi connectivity index (χ4v) is 2.68. The van der Waals surface area contributed by atoms with Gasteiger partial charge in [0.2, 0.25) is 21.9 Å². The van der Waals surface area contributed by atoms with E-state index in [1.54, 1.807) is 6.07 Å². The van der Waals surface area contributed by atoms with Crippen LogP contribution in [0.1, 0.15) is 0 Å². The standard InChI is InChI=1S/C14H18N10O2S/c15-5-6-18-11-7-12(20-8-19-11)24-13(16)22-14(23-24)21-9-1-3-10(4-2-9)27(17,25)26/h1-4,7-8H,5-6,15H2,(H2,17,25,26)(H,18,19,20)(H3,16,21,22,23). The summed E-state index contributed by atoms with van der Waals surface area (Å²) in [5.74, 6) is 1.33. The highest BCUT2D eigenvalue weighted by atomic mass is 32.2. The molecule has 0 amide bonds. The zero-order chi connectivity index (χ0) is 19.4. The Morgan fingerprint density at radius 1 is 1.15 bits per heavy atom. The number of sulfonamides is 1. The third-order valence-electron chi connectivity index (χ3n) is 3.39. The minimum atomic E-state index is -3.75. The maximum absolute atomic E-state index is 11.3. The molecule has 0 radical (unpaired) electrons. The molecule has 8 N–H and O–H groups in total. The summed E-state index contributed by atoms with van der Waals surface area (Å²) in [5.41, 5.74) is 11.9. The van der Waals surface area contributed by atoms with Crippen LogP contribution in [0.2, 0.25) is 0 Å². The first-order valence-corrected chi connectivity index (χ1v) is 9.30. The number of nitrogens with zero attached hydrogens (tertiary/aromatic N) is 5. The molecule has 0 bridgehead atoms. The van der Waals surface area contributed by atoms with Gasteiger partial charge in [0.25, 0.3) is 0 Å². The lowest BCUT2D eigenvalue weighted by atomic mass is 10.3. The van der Waals surface area contributed by atoms with Crippen molar-refractivity contribution in [3.05, 3.63) is 36.7 Å². The van der Waals surface area contributed by atoms with Crippen molar-refractivity contribution in [3.8, 4) is 5.82 Å². The van der Waals surface area contributed by atoms with Gasteiger partial charge in [-0.3, -0.25) is 0 Å². The van der Waals surface area contributed by atoms with E-state index in [4.69, 9.17) is 16.6 Å². The molecule has 3 aromatic rings. The monoisotopic (exact) mass is 390 g/mol. The quantitative estimate of drug-likeness (QED) is 0.348. The first-order chi connectivity index (χ1) is 12.9. The molecule has 0 aliphatic carbocycles. The van der Waals surface area contributed by atoms with Crippen molar-refractivity contribution in [2.45, 2.75) is 4.90 Å². The number of rotatable bonds is 7. The Kier molecular flexibility index (Phi) is 5.16. The largest absolute Gasteiger partial charge is 0.369 e. The first-order valence-electron chi connectivity index (χ1n) is 7.75. The first kappa shape index (κ1) is 18.5. The lowest BCUT2D eigenvalue weighted by molar-refractivity contribution is 0.598. The van der Waals surface area contributed by atoms with E-state index >= 15 is 0 Å². The van der Waals surface area contributed by atoms with Crippen LogP contribution in [-0.4, -0.2) is 46.2 Å². The van der Waals surface area contributed by atoms with Gasteiger partial charge in [-0.1, -0.05) is 0 Å². The molecule has 13 heteroatoms. The SMILES string of the molecule is NCCNc1cc(-n2nc(Nc3ccc(S(N)(=O)=O)cc3)nc2N)ncn1. The van der Waals surface area contributed by atoms with Crippen molar-refractivity contribution >= 4 is 33.4 Å². The maximum atomic E-state index is 11.3. The predicted molar refractivity (Wildman–Crippen MR) is 100 cm³/mol. The van der Waals surface area contributed by atoms with Gasteiger partial charge in [0, 0.05) is 24.8 Å². The van der Waals surface area contributed by atoms with Crippen molar-refractivity contribution in [3.63, 3.8) is 0 Å². The molecule has 0 saturated carbocycles. The van der Waals surface area contributed by atoms with Gasteiger partial charge in [-0.2, -0.15) is 9.67 Å². The maximum Gasteiger partial charge on any atom is 0.248 e. The second-order valence-electron chi connectivity index (χ2n) is 5.38. The van der Waals surface area contributed by atoms with E-state index < -0.39 is 10.0 Å². The van der Waals surface area contributed by atoms with Crippen LogP contribution in [-0.2, 0) is 10.0 Å². The van der Waals surface area contributed by atoms with Gasteiger partial charge in [0.1, 0.15) is 12.1 Å². The Morgan fingerprint density at radius 3 is 2.56 bits per heavy atom. The number of hydrogen-bond donors (Lipinski definition) is 5. The van der Waals surface area contributed by atoms with Crippen LogP contribution in [0.3, 0.4) is 0 Å². The van der Waals surface area contributed by atoms with E-state index in [1.165, 1.54) is 35.3 Å². The van der Waals surface area contributed by atoms with E-state index in [2.05, 4.69) is 30.7 Å². The highest BCUT2D eigenvalue weighted by molar-refractivity contribution is 7.89. The Balaban J connectivity index is 1.80. The van der Waals surface area contributed by atoms with E-state index in [-0.39, 0.29) is 16.8 Å². The van der Waals surface area contributed by atoms with E-state index in [0.29, 0.717) is 30.4 Å². The summed E-state index contributed by atoms with van der Waals surface area (Å²) in [6, 6.07) is 7.48. The molecule has 2 aromatic heterocycles. The zero-order valence-electron chi connectivity index (χ0n) is 14.1. The summed E-state index contributed by atoms with van der Waals surface area (Å²) in [7, 11) is -3.75. The second-order valence-corrected chi connectivity index (χ2v) is 6.94. The van der Waals surface area contributed by atoms with Crippen molar-refractivity contribution in [1.82, 2.24) is 24.7 Å². The average Bonchev–Trinajstić information content (AvgIpc) is 3.00. The van der Waals surface area contributed by atoms with Crippen LogP contribution in [0.4, 0.5) is 23.4 Å². The molecule has 1 aromatic carbocycles. The van der Waals surface area contributed by atoms with Gasteiger partial charge in [-0.15, -0.1) is 5.10 Å². The smallest absolute Gasteiger partial charge is 0.248 e. The molecule has 27 heavy (non-hydrogen) atoms. The molecular weight excluding hydrogens is 372 g/mol. The lowest BCUT2D eigenvalue weighted by Crippen LogP contribution is -2.14. The number of benzene rings is 1. The van der Waals surface area contributed by atoms with E-state index in [0.717, 1.165) is 0 Å². The number of aromatic nitrogens is 5. The zero-order valence-corrected chi connectivity index (χ0v) is 14.9. The molecule has 2 heterocycles. The summed E-state index contributed by atoms with van der Waals surface area (Å²) in [6.45, 7) is 1.02. The number of nitrogens with one attached hydrogen (secondary N) is 2. The summed E-state index contributed by atoms with van der Waals surface area (Å²) >= 11 is 0. The molecule has 0 spiro atoms. The lowest BCUT2D eigenvalue weighted by Gasteiger charge is -2.06. The van der Waals surface area contributed by atoms with Crippen LogP contribution in [0.5, 0.6) is 0 Å². The van der Waals surface area contributed by atoms with Crippen molar-refractivity contribution in [2.24, 2.45) is 10.9 Å². The summed E-state index contributed by atoms with van der Waals surface area (Å²) < 4.78 is 23.9. The Bertz CT molecular complexity index is 1030. The molecule has 12 nitrogen and oxygen atoms in total. The van der Waals surface area contributed by atoms with Gasteiger partial charge in [0.15, 0.2) is 5.82 Å². The minimum Gasteiger partial charge on any atom is -0.369 e. The van der Waals surface area contributed by atoms with Gasteiger partial charge in [-0.25, -0.2) is 23.5 Å². The molecular formula is C14H18N10O2S. The fraction of sp³-hybridized carbons (Fsp3) is 0.143. The molecule has 0 aliphatic rings. The Morgan fingerprint density at radius 2 is 1.89 bits per heavy atom. The predicted octanol–water partition coefficient (Wildman–Crippen LogP) is -0.599. The van der Waals surface area contributed by atoms with Crippen molar-refractivity contribution < 1.29 is 8.42 Å². The number of nitrogens with two attached hydrogens (primary N) is 3. The van der Waals surface area contributed by atoms with Gasteiger partial charge >= 0.3 is 0 Å². The van der Waals surface area contributed by atoms with E-state index in [9.17, 15) is 8.42 Å². The van der Waals surface area contributed by atoms with Gasteiger partial charge in [-0.05, 0) is 24.3 Å². The molecule has 142 valence electrons. The number of primary sulfonamides is 1. The Labute approximate surface area is 154 Å². The van der Waals surface area contributed by atoms with Crippen LogP contribution in [0, 0.1) is 0 Å². The highest BCUT2D eigenvalue weighted by Gasteiger charge is 2.12. The van der Waals surface area contributed by atoms with Crippen molar-refractivity contribution in [2.75, 3.05) is 29.5 Å². The van der Waals surface area contributed by atoms with Gasteiger partial charge < -0.3 is 22.1 Å². The molecule has 0 unspecified atom stereocenters. The summed E-state index contributed by atoms with van der Waals surface area (Å²) in [6.07, 6.45) is 1.37. The highest BCUT2D eigenvalue weighted by Crippen LogP contribution is 2.19. The topological polar surface area (TPSA) is 193 Å². The van der Waals surface area contributed by atoms with E-state index in [1.807, 2.05) is 0 Å². The molecule has 0 saturated heterocycles. The third-order valence-corrected chi connectivity index (χ3v) is 4.32. The van der Waals surface area contributed by atoms with Crippen LogP contribution < -0.4 is 27.2 Å². The van der Waals surface area contributed by atoms with Crippen molar-refractivity contribution in [1.29, 1.82) is 0 Å². The number of nitrogen functional groups attached to an aromatic ring is 1. The van der Waals surface area contributed by atoms with Crippen LogP contribution >= 0.6 is 0 Å². The number of hydrogen-bond acceptors (Lipinski definition) is 10. The van der Waals surface area contributed by atoms with Crippen LogP contribution in [0.25, 0.3) is 5.82 Å². The molecule has 0 atom stereocenters. The molecule has 0 aliphatic heterocycles. The Hall–Kier alpha value is -3.29. The summed E-state index contributed by atoms with van der Waals surface area (Å²) in [4.78, 5) is 12.3. The molecule has 0 fully saturated rings. The average molecular weight is 390 g/mol. The number of anilines is 4. The third kappa shape index (κ3) is 4.46. The second kappa shape index (κ2) is 7.53. The normalized spacial score (nSPS) is 11.3. The fourth-order valence-electron chi connectivity index (χ4n) is 2.16. The van der Waals surface area contributed by atoms with Crippen LogP contribution in [0.15, 0.2) is 41.6 Å². The molecule has 3 rings (SSSR count). The summed E-state index contributed by atoms with van der Waals surface area (Å²) in [5, 5.41) is 15.3. The van der Waals surface area contributed by atoms with Gasteiger partial charge in [0.05, 0.1) is 4.90 Å². The minimum absolute atomic E-state index is 0.00421.